The van der Waals surface area contributed by atoms with Gasteiger partial charge in [0, 0.05) is 5.75 Å². The second-order valence-electron chi connectivity index (χ2n) is 6.63. The van der Waals surface area contributed by atoms with Crippen molar-refractivity contribution in [2.75, 3.05) is 12.9 Å². The molecule has 0 aliphatic rings. The summed E-state index contributed by atoms with van der Waals surface area (Å²) in [5.41, 5.74) is 2.56. The van der Waals surface area contributed by atoms with E-state index in [2.05, 4.69) is 31.0 Å². The number of thioether (sulfide) groups is 1. The molecule has 2 aromatic carbocycles. The second kappa shape index (κ2) is 9.06. The number of hydrogen-bond donors (Lipinski definition) is 0. The first-order chi connectivity index (χ1) is 13.5. The highest BCUT2D eigenvalue weighted by atomic mass is 32.2. The van der Waals surface area contributed by atoms with Crippen LogP contribution in [0.1, 0.15) is 38.2 Å². The van der Waals surface area contributed by atoms with Crippen LogP contribution in [0.5, 0.6) is 0 Å². The van der Waals surface area contributed by atoms with Crippen LogP contribution in [-0.2, 0) is 9.53 Å². The number of aromatic nitrogens is 2. The van der Waals surface area contributed by atoms with Gasteiger partial charge in [-0.15, -0.1) is 0 Å². The summed E-state index contributed by atoms with van der Waals surface area (Å²) in [7, 11) is 1.37. The fraction of sp³-hybridized carbons (Fsp3) is 0.318. The fourth-order valence-electron chi connectivity index (χ4n) is 2.95. The molecule has 146 valence electrons. The van der Waals surface area contributed by atoms with E-state index < -0.39 is 0 Å². The normalized spacial score (nSPS) is 12.1. The minimum atomic E-state index is -0.278. The van der Waals surface area contributed by atoms with Crippen LogP contribution in [0.2, 0.25) is 0 Å². The topological polar surface area (TPSA) is 61.2 Å². The summed E-state index contributed by atoms with van der Waals surface area (Å²) in [6.45, 7) is 4.35. The van der Waals surface area contributed by atoms with E-state index in [-0.39, 0.29) is 17.9 Å². The molecule has 0 saturated heterocycles. The zero-order valence-corrected chi connectivity index (χ0v) is 17.2. The molecule has 0 unspecified atom stereocenters. The van der Waals surface area contributed by atoms with Crippen LogP contribution < -0.4 is 5.56 Å². The molecule has 0 spiro atoms. The average molecular weight is 397 g/mol. The average Bonchev–Trinajstić information content (AvgIpc) is 2.73. The van der Waals surface area contributed by atoms with Gasteiger partial charge in [0.05, 0.1) is 30.1 Å². The number of para-hydroxylation sites is 1. The first-order valence-corrected chi connectivity index (χ1v) is 10.4. The zero-order chi connectivity index (χ0) is 20.1. The molecule has 3 aromatic rings. The van der Waals surface area contributed by atoms with Crippen molar-refractivity contribution in [2.45, 2.75) is 37.8 Å². The number of fused-ring (bicyclic) bond motifs is 1. The van der Waals surface area contributed by atoms with E-state index in [1.165, 1.54) is 24.4 Å². The van der Waals surface area contributed by atoms with Crippen molar-refractivity contribution in [3.05, 3.63) is 64.4 Å². The lowest BCUT2D eigenvalue weighted by Gasteiger charge is -2.15. The Hall–Kier alpha value is -2.60. The molecule has 5 nitrogen and oxygen atoms in total. The predicted molar refractivity (Wildman–Crippen MR) is 113 cm³/mol. The molecular formula is C22H24N2O3S. The van der Waals surface area contributed by atoms with Crippen LogP contribution in [0.25, 0.3) is 16.6 Å². The van der Waals surface area contributed by atoms with Gasteiger partial charge < -0.3 is 4.74 Å². The van der Waals surface area contributed by atoms with Crippen LogP contribution in [0.3, 0.4) is 0 Å². The van der Waals surface area contributed by atoms with E-state index in [4.69, 9.17) is 4.74 Å². The molecule has 1 aromatic heterocycles. The largest absolute Gasteiger partial charge is 0.469 e. The van der Waals surface area contributed by atoms with Crippen molar-refractivity contribution in [2.24, 2.45) is 0 Å². The van der Waals surface area contributed by atoms with E-state index in [9.17, 15) is 9.59 Å². The molecule has 6 heteroatoms. The molecule has 28 heavy (non-hydrogen) atoms. The van der Waals surface area contributed by atoms with Crippen LogP contribution in [0.4, 0.5) is 0 Å². The smallest absolute Gasteiger partial charge is 0.306 e. The minimum Gasteiger partial charge on any atom is -0.469 e. The predicted octanol–water partition coefficient (Wildman–Crippen LogP) is 4.55. The summed E-state index contributed by atoms with van der Waals surface area (Å²) >= 11 is 1.38. The van der Waals surface area contributed by atoms with Gasteiger partial charge in [0.2, 0.25) is 0 Å². The number of carbonyl (C=O) groups is 1. The van der Waals surface area contributed by atoms with Gasteiger partial charge in [-0.25, -0.2) is 4.98 Å². The summed E-state index contributed by atoms with van der Waals surface area (Å²) in [4.78, 5) is 29.3. The maximum absolute atomic E-state index is 13.2. The van der Waals surface area contributed by atoms with Gasteiger partial charge in [-0.1, -0.05) is 49.9 Å². The van der Waals surface area contributed by atoms with Crippen LogP contribution >= 0.6 is 11.8 Å². The number of hydrogen-bond acceptors (Lipinski definition) is 5. The third kappa shape index (κ3) is 4.28. The Balaban J connectivity index is 2.05. The number of carbonyl (C=O) groups excluding carboxylic acids is 1. The standard InChI is InChI=1S/C22H24N2O3S/c1-4-15(2)16-9-11-17(12-10-16)24-21(26)18-7-5-6-8-19(18)23-22(24)28-14-13-20(25)27-3/h5-12,15H,4,13-14H2,1-3H3/t15-/m0/s1. The lowest BCUT2D eigenvalue weighted by Crippen LogP contribution is -2.22. The first kappa shape index (κ1) is 20.1. The summed E-state index contributed by atoms with van der Waals surface area (Å²) in [5.74, 6) is 0.678. The number of methoxy groups -OCH3 is 1. The molecule has 3 rings (SSSR count). The Morgan fingerprint density at radius 3 is 2.57 bits per heavy atom. The highest BCUT2D eigenvalue weighted by Gasteiger charge is 2.14. The summed E-state index contributed by atoms with van der Waals surface area (Å²) in [6, 6.07) is 15.4. The van der Waals surface area contributed by atoms with E-state index >= 15 is 0 Å². The maximum atomic E-state index is 13.2. The highest BCUT2D eigenvalue weighted by molar-refractivity contribution is 7.99. The third-order valence-corrected chi connectivity index (χ3v) is 5.78. The van der Waals surface area contributed by atoms with E-state index in [1.807, 2.05) is 30.3 Å². The SMILES string of the molecule is CC[C@H](C)c1ccc(-n2c(SCCC(=O)OC)nc3ccccc3c2=O)cc1. The lowest BCUT2D eigenvalue weighted by atomic mass is 9.98. The second-order valence-corrected chi connectivity index (χ2v) is 7.69. The van der Waals surface area contributed by atoms with Gasteiger partial charge in [-0.2, -0.15) is 0 Å². The van der Waals surface area contributed by atoms with Gasteiger partial charge in [0.25, 0.3) is 5.56 Å². The Labute approximate surface area is 168 Å². The molecule has 0 radical (unpaired) electrons. The third-order valence-electron chi connectivity index (χ3n) is 4.84. The van der Waals surface area contributed by atoms with Gasteiger partial charge in [-0.05, 0) is 42.2 Å². The molecule has 0 amide bonds. The summed E-state index contributed by atoms with van der Waals surface area (Å²) in [5, 5.41) is 1.15. The Bertz CT molecular complexity index is 1030. The Morgan fingerprint density at radius 1 is 1.18 bits per heavy atom. The number of esters is 1. The van der Waals surface area contributed by atoms with E-state index in [1.54, 1.807) is 10.6 Å². The number of rotatable bonds is 7. The molecular weight excluding hydrogens is 372 g/mol. The monoisotopic (exact) mass is 396 g/mol. The Morgan fingerprint density at radius 2 is 1.89 bits per heavy atom. The summed E-state index contributed by atoms with van der Waals surface area (Å²) in [6.07, 6.45) is 1.32. The molecule has 0 bridgehead atoms. The van der Waals surface area contributed by atoms with Crippen molar-refractivity contribution in [1.29, 1.82) is 0 Å². The Kier molecular flexibility index (Phi) is 6.52. The molecule has 0 N–H and O–H groups in total. The molecule has 1 heterocycles. The number of benzene rings is 2. The molecule has 0 aliphatic carbocycles. The quantitative estimate of drug-likeness (QED) is 0.333. The van der Waals surface area contributed by atoms with Crippen molar-refractivity contribution < 1.29 is 9.53 Å². The van der Waals surface area contributed by atoms with Gasteiger partial charge >= 0.3 is 5.97 Å². The number of ether oxygens (including phenoxy) is 1. The molecule has 0 aliphatic heterocycles. The molecule has 0 saturated carbocycles. The van der Waals surface area contributed by atoms with Crippen molar-refractivity contribution in [3.8, 4) is 5.69 Å². The maximum Gasteiger partial charge on any atom is 0.306 e. The zero-order valence-electron chi connectivity index (χ0n) is 16.3. The fourth-order valence-corrected chi connectivity index (χ4v) is 3.88. The first-order valence-electron chi connectivity index (χ1n) is 9.37. The molecule has 0 fully saturated rings. The van der Waals surface area contributed by atoms with Gasteiger partial charge in [0.1, 0.15) is 0 Å². The van der Waals surface area contributed by atoms with Crippen LogP contribution in [0, 0.1) is 0 Å². The van der Waals surface area contributed by atoms with Crippen molar-refractivity contribution in [3.63, 3.8) is 0 Å². The van der Waals surface area contributed by atoms with Crippen LogP contribution in [-0.4, -0.2) is 28.4 Å². The van der Waals surface area contributed by atoms with Crippen molar-refractivity contribution in [1.82, 2.24) is 9.55 Å². The summed E-state index contributed by atoms with van der Waals surface area (Å²) < 4.78 is 6.33. The lowest BCUT2D eigenvalue weighted by molar-refractivity contribution is -0.140. The number of nitrogens with zero attached hydrogens (tertiary/aromatic N) is 2. The van der Waals surface area contributed by atoms with E-state index in [0.717, 1.165) is 12.1 Å². The van der Waals surface area contributed by atoms with Gasteiger partial charge in [-0.3, -0.25) is 14.2 Å². The van der Waals surface area contributed by atoms with Crippen molar-refractivity contribution >= 4 is 28.6 Å². The van der Waals surface area contributed by atoms with Crippen LogP contribution in [0.15, 0.2) is 58.5 Å². The highest BCUT2D eigenvalue weighted by Crippen LogP contribution is 2.24. The molecule has 1 atom stereocenters. The van der Waals surface area contributed by atoms with E-state index in [0.29, 0.717) is 27.7 Å². The minimum absolute atomic E-state index is 0.109. The van der Waals surface area contributed by atoms with Gasteiger partial charge in [0.15, 0.2) is 5.16 Å².